The molecule has 0 saturated heterocycles. The summed E-state index contributed by atoms with van der Waals surface area (Å²) in [7, 11) is 0. The summed E-state index contributed by atoms with van der Waals surface area (Å²) in [6, 6.07) is 3.59. The molecule has 1 aromatic carbocycles. The number of imidazole rings is 1. The molecular weight excluding hydrogens is 492 g/mol. The second-order valence-electron chi connectivity index (χ2n) is 8.00. The van der Waals surface area contributed by atoms with E-state index in [1.165, 1.54) is 11.8 Å². The Morgan fingerprint density at radius 3 is 2.54 bits per heavy atom. The van der Waals surface area contributed by atoms with Crippen LogP contribution in [0.4, 0.5) is 0 Å². The Morgan fingerprint density at radius 2 is 1.83 bits per heavy atom. The summed E-state index contributed by atoms with van der Waals surface area (Å²) in [5.41, 5.74) is 1.26. The fourth-order valence-electron chi connectivity index (χ4n) is 3.76. The molecule has 0 radical (unpaired) electrons. The van der Waals surface area contributed by atoms with Gasteiger partial charge in [0.2, 0.25) is 6.79 Å². The van der Waals surface area contributed by atoms with Crippen molar-refractivity contribution >= 4 is 35.3 Å². The zero-order valence-corrected chi connectivity index (χ0v) is 22.1. The summed E-state index contributed by atoms with van der Waals surface area (Å²) in [5, 5.41) is 1.20. The summed E-state index contributed by atoms with van der Waals surface area (Å²) in [6.45, 7) is 6.88. The molecule has 0 atom stereocenters. The van der Waals surface area contributed by atoms with Crippen LogP contribution in [0.3, 0.4) is 0 Å². The van der Waals surface area contributed by atoms with Crippen molar-refractivity contribution in [2.75, 3.05) is 25.8 Å². The molecule has 35 heavy (non-hydrogen) atoms. The number of esters is 2. The van der Waals surface area contributed by atoms with Crippen LogP contribution in [0.5, 0.6) is 11.5 Å². The van der Waals surface area contributed by atoms with Gasteiger partial charge in [-0.05, 0) is 50.5 Å². The van der Waals surface area contributed by atoms with Gasteiger partial charge in [-0.25, -0.2) is 9.78 Å². The smallest absolute Gasteiger partial charge is 0.357 e. The number of hydrogen-bond acceptors (Lipinski definition) is 8. The molecule has 2 aromatic rings. The molecule has 0 aliphatic carbocycles. The lowest BCUT2D eigenvalue weighted by molar-refractivity contribution is -0.143. The molecule has 2 heterocycles. The average Bonchev–Trinajstić information content (AvgIpc) is 3.41. The molecule has 0 saturated carbocycles. The number of ether oxygens (including phenoxy) is 4. The van der Waals surface area contributed by atoms with E-state index in [1.807, 2.05) is 17.6 Å². The number of benzene rings is 1. The summed E-state index contributed by atoms with van der Waals surface area (Å²) < 4.78 is 23.2. The molecule has 1 aliphatic heterocycles. The standard InChI is InChI=1S/C25H33ClN2O6S/c1-4-10-21-27-24(35-12-9-7-8-11-22(29)31-5-2)23(25(30)32-6-3)28(21)15-17-13-19-20(14-18(17)26)34-16-33-19/h13-14H,4-12,15-16H2,1-3H3. The first-order valence-corrected chi connectivity index (χ1v) is 13.5. The topological polar surface area (TPSA) is 88.9 Å². The zero-order valence-electron chi connectivity index (χ0n) is 20.6. The lowest BCUT2D eigenvalue weighted by Crippen LogP contribution is -2.16. The summed E-state index contributed by atoms with van der Waals surface area (Å²) in [6.07, 6.45) is 4.60. The lowest BCUT2D eigenvalue weighted by atomic mass is 10.2. The van der Waals surface area contributed by atoms with Crippen molar-refractivity contribution in [1.29, 1.82) is 0 Å². The summed E-state index contributed by atoms with van der Waals surface area (Å²) >= 11 is 8.08. The van der Waals surface area contributed by atoms with Crippen LogP contribution < -0.4 is 9.47 Å². The molecule has 1 aliphatic rings. The van der Waals surface area contributed by atoms with Gasteiger partial charge in [-0.2, -0.15) is 0 Å². The molecule has 1 aromatic heterocycles. The van der Waals surface area contributed by atoms with E-state index in [2.05, 4.69) is 6.92 Å². The Morgan fingerprint density at radius 1 is 1.09 bits per heavy atom. The molecular formula is C25H33ClN2O6S. The number of unbranched alkanes of at least 4 members (excludes halogenated alkanes) is 2. The fourth-order valence-corrected chi connectivity index (χ4v) is 5.01. The minimum Gasteiger partial charge on any atom is -0.466 e. The maximum absolute atomic E-state index is 13.0. The number of fused-ring (bicyclic) bond motifs is 1. The molecule has 0 N–H and O–H groups in total. The molecule has 0 fully saturated rings. The first kappa shape index (κ1) is 27.2. The number of hydrogen-bond donors (Lipinski definition) is 0. The minimum atomic E-state index is -0.399. The van der Waals surface area contributed by atoms with E-state index in [9.17, 15) is 9.59 Å². The SMILES string of the molecule is CCCc1nc(SCCCCCC(=O)OCC)c(C(=O)OCC)n1Cc1cc2c(cc1Cl)OCO2. The highest BCUT2D eigenvalue weighted by molar-refractivity contribution is 7.99. The minimum absolute atomic E-state index is 0.158. The zero-order chi connectivity index (χ0) is 25.2. The number of aromatic nitrogens is 2. The molecule has 3 rings (SSSR count). The van der Waals surface area contributed by atoms with Gasteiger partial charge in [0.1, 0.15) is 10.9 Å². The first-order chi connectivity index (χ1) is 17.0. The Hall–Kier alpha value is -2.39. The van der Waals surface area contributed by atoms with E-state index < -0.39 is 5.97 Å². The van der Waals surface area contributed by atoms with Gasteiger partial charge in [-0.3, -0.25) is 4.79 Å². The second kappa shape index (κ2) is 13.6. The van der Waals surface area contributed by atoms with Crippen LogP contribution in [-0.4, -0.2) is 47.2 Å². The third-order valence-corrected chi connectivity index (χ3v) is 6.80. The Bertz CT molecular complexity index is 1030. The number of carbonyl (C=O) groups excluding carboxylic acids is 2. The van der Waals surface area contributed by atoms with Crippen LogP contribution in [0.2, 0.25) is 5.02 Å². The third kappa shape index (κ3) is 7.30. The van der Waals surface area contributed by atoms with Crippen molar-refractivity contribution in [1.82, 2.24) is 9.55 Å². The van der Waals surface area contributed by atoms with Gasteiger partial charge in [0, 0.05) is 23.9 Å². The van der Waals surface area contributed by atoms with Crippen LogP contribution in [-0.2, 0) is 27.2 Å². The number of halogens is 1. The first-order valence-electron chi connectivity index (χ1n) is 12.1. The van der Waals surface area contributed by atoms with Gasteiger partial charge in [-0.1, -0.05) is 24.9 Å². The van der Waals surface area contributed by atoms with Gasteiger partial charge in [0.25, 0.3) is 0 Å². The highest BCUT2D eigenvalue weighted by Gasteiger charge is 2.26. The van der Waals surface area contributed by atoms with E-state index in [0.29, 0.717) is 53.2 Å². The highest BCUT2D eigenvalue weighted by Crippen LogP contribution is 2.38. The van der Waals surface area contributed by atoms with Crippen molar-refractivity contribution in [2.24, 2.45) is 0 Å². The predicted molar refractivity (Wildman–Crippen MR) is 135 cm³/mol. The molecule has 8 nitrogen and oxygen atoms in total. The molecule has 0 amide bonds. The number of nitrogens with zero attached hydrogens (tertiary/aromatic N) is 2. The third-order valence-electron chi connectivity index (χ3n) is 5.40. The van der Waals surface area contributed by atoms with Crippen LogP contribution in [0.25, 0.3) is 0 Å². The van der Waals surface area contributed by atoms with Gasteiger partial charge >= 0.3 is 11.9 Å². The van der Waals surface area contributed by atoms with E-state index in [1.54, 1.807) is 13.0 Å². The molecule has 0 spiro atoms. The van der Waals surface area contributed by atoms with Crippen molar-refractivity contribution in [3.63, 3.8) is 0 Å². The maximum atomic E-state index is 13.0. The fraction of sp³-hybridized carbons (Fsp3) is 0.560. The number of carbonyl (C=O) groups is 2. The lowest BCUT2D eigenvalue weighted by Gasteiger charge is -2.13. The summed E-state index contributed by atoms with van der Waals surface area (Å²) in [5.74, 6) is 2.29. The van der Waals surface area contributed by atoms with Crippen LogP contribution in [0.15, 0.2) is 17.2 Å². The molecule has 0 bridgehead atoms. The van der Waals surface area contributed by atoms with Crippen molar-refractivity contribution in [3.8, 4) is 11.5 Å². The van der Waals surface area contributed by atoms with E-state index >= 15 is 0 Å². The van der Waals surface area contributed by atoms with E-state index in [4.69, 9.17) is 35.5 Å². The molecule has 10 heteroatoms. The largest absolute Gasteiger partial charge is 0.466 e. The van der Waals surface area contributed by atoms with Gasteiger partial charge in [0.15, 0.2) is 17.2 Å². The van der Waals surface area contributed by atoms with Crippen LogP contribution in [0, 0.1) is 0 Å². The van der Waals surface area contributed by atoms with Gasteiger partial charge < -0.3 is 23.5 Å². The number of rotatable bonds is 14. The highest BCUT2D eigenvalue weighted by atomic mass is 35.5. The Kier molecular flexibility index (Phi) is 10.6. The predicted octanol–water partition coefficient (Wildman–Crippen LogP) is 5.66. The van der Waals surface area contributed by atoms with Crippen LogP contribution in [0.1, 0.15) is 74.8 Å². The Labute approximate surface area is 215 Å². The molecule has 192 valence electrons. The summed E-state index contributed by atoms with van der Waals surface area (Å²) in [4.78, 5) is 29.3. The molecule has 0 unspecified atom stereocenters. The maximum Gasteiger partial charge on any atom is 0.357 e. The average molecular weight is 525 g/mol. The normalized spacial score (nSPS) is 12.1. The van der Waals surface area contributed by atoms with Crippen molar-refractivity contribution < 1.29 is 28.5 Å². The van der Waals surface area contributed by atoms with Gasteiger partial charge in [-0.15, -0.1) is 11.8 Å². The van der Waals surface area contributed by atoms with Crippen LogP contribution >= 0.6 is 23.4 Å². The van der Waals surface area contributed by atoms with Gasteiger partial charge in [0.05, 0.1) is 19.8 Å². The number of thioether (sulfide) groups is 1. The monoisotopic (exact) mass is 524 g/mol. The number of aryl methyl sites for hydroxylation is 1. The quantitative estimate of drug-likeness (QED) is 0.178. The second-order valence-corrected chi connectivity index (χ2v) is 9.49. The van der Waals surface area contributed by atoms with E-state index in [0.717, 1.165) is 42.8 Å². The van der Waals surface area contributed by atoms with Crippen molar-refractivity contribution in [2.45, 2.75) is 70.9 Å². The van der Waals surface area contributed by atoms with E-state index in [-0.39, 0.29) is 19.4 Å². The Balaban J connectivity index is 1.78. The van der Waals surface area contributed by atoms with Crippen molar-refractivity contribution in [3.05, 3.63) is 34.2 Å².